The van der Waals surface area contributed by atoms with Gasteiger partial charge >= 0.3 is 0 Å². The summed E-state index contributed by atoms with van der Waals surface area (Å²) in [5.74, 6) is 0.370. The van der Waals surface area contributed by atoms with Crippen molar-refractivity contribution in [2.45, 2.75) is 33.1 Å². The third kappa shape index (κ3) is 3.53. The second kappa shape index (κ2) is 5.73. The van der Waals surface area contributed by atoms with Crippen LogP contribution in [0.4, 0.5) is 0 Å². The van der Waals surface area contributed by atoms with Crippen LogP contribution in [0.3, 0.4) is 0 Å². The maximum atomic E-state index is 11.6. The summed E-state index contributed by atoms with van der Waals surface area (Å²) in [5.41, 5.74) is 0. The molecule has 0 saturated carbocycles. The van der Waals surface area contributed by atoms with Crippen LogP contribution >= 0.6 is 0 Å². The number of amides is 2. The number of rotatable bonds is 3. The van der Waals surface area contributed by atoms with Gasteiger partial charge in [0.25, 0.3) is 0 Å². The second-order valence-corrected chi connectivity index (χ2v) is 4.07. The van der Waals surface area contributed by atoms with E-state index in [1.807, 2.05) is 11.8 Å². The van der Waals surface area contributed by atoms with Crippen molar-refractivity contribution in [2.75, 3.05) is 19.6 Å². The van der Waals surface area contributed by atoms with Crippen molar-refractivity contribution < 1.29 is 9.59 Å². The van der Waals surface area contributed by atoms with Gasteiger partial charge in [0.1, 0.15) is 0 Å². The maximum absolute atomic E-state index is 11.6. The predicted octanol–water partition coefficient (Wildman–Crippen LogP) is 0.771. The fourth-order valence-electron chi connectivity index (χ4n) is 1.85. The highest BCUT2D eigenvalue weighted by Gasteiger charge is 2.25. The highest BCUT2D eigenvalue weighted by Crippen LogP contribution is 2.17. The lowest BCUT2D eigenvalue weighted by atomic mass is 9.96. The van der Waals surface area contributed by atoms with E-state index in [4.69, 9.17) is 0 Å². The second-order valence-electron chi connectivity index (χ2n) is 4.07. The molecule has 1 N–H and O–H groups in total. The molecule has 1 aliphatic heterocycles. The van der Waals surface area contributed by atoms with Gasteiger partial charge in [-0.05, 0) is 19.3 Å². The number of likely N-dealkylation sites (tertiary alicyclic amines) is 1. The minimum atomic E-state index is 0.104. The molecule has 0 radical (unpaired) electrons. The minimum Gasteiger partial charge on any atom is -0.356 e. The van der Waals surface area contributed by atoms with E-state index in [1.54, 1.807) is 6.92 Å². The van der Waals surface area contributed by atoms with Crippen molar-refractivity contribution in [1.29, 1.82) is 0 Å². The Labute approximate surface area is 91.0 Å². The highest BCUT2D eigenvalue weighted by molar-refractivity contribution is 5.79. The molecule has 1 aliphatic rings. The molecule has 15 heavy (non-hydrogen) atoms. The van der Waals surface area contributed by atoms with Crippen molar-refractivity contribution in [1.82, 2.24) is 10.2 Å². The lowest BCUT2D eigenvalue weighted by Gasteiger charge is -2.30. The Hall–Kier alpha value is -1.06. The fourth-order valence-corrected chi connectivity index (χ4v) is 1.85. The molecule has 4 heteroatoms. The minimum absolute atomic E-state index is 0.104. The Morgan fingerprint density at radius 2 is 1.93 bits per heavy atom. The predicted molar refractivity (Wildman–Crippen MR) is 58.3 cm³/mol. The molecule has 1 fully saturated rings. The van der Waals surface area contributed by atoms with E-state index in [2.05, 4.69) is 5.32 Å². The van der Waals surface area contributed by atoms with Crippen LogP contribution in [0.15, 0.2) is 0 Å². The van der Waals surface area contributed by atoms with Gasteiger partial charge in [0.05, 0.1) is 0 Å². The van der Waals surface area contributed by atoms with Gasteiger partial charge in [-0.1, -0.05) is 6.92 Å². The van der Waals surface area contributed by atoms with Crippen LogP contribution in [-0.4, -0.2) is 36.3 Å². The molecule has 0 aromatic rings. The first-order valence-electron chi connectivity index (χ1n) is 5.68. The Balaban J connectivity index is 2.30. The lowest BCUT2D eigenvalue weighted by molar-refractivity contribution is -0.133. The number of hydrogen-bond donors (Lipinski definition) is 1. The van der Waals surface area contributed by atoms with Crippen molar-refractivity contribution in [3.05, 3.63) is 0 Å². The SMILES string of the molecule is CCCNC(=O)C1CCN(C(C)=O)CC1. The molecule has 0 unspecified atom stereocenters. The molecule has 0 aromatic heterocycles. The van der Waals surface area contributed by atoms with Gasteiger partial charge in [-0.2, -0.15) is 0 Å². The molecule has 1 rings (SSSR count). The summed E-state index contributed by atoms with van der Waals surface area (Å²) in [7, 11) is 0. The van der Waals surface area contributed by atoms with Gasteiger partial charge in [0, 0.05) is 32.5 Å². The number of carbonyl (C=O) groups excluding carboxylic acids is 2. The highest BCUT2D eigenvalue weighted by atomic mass is 16.2. The van der Waals surface area contributed by atoms with Crippen LogP contribution in [-0.2, 0) is 9.59 Å². The number of carbonyl (C=O) groups is 2. The molecule has 0 spiro atoms. The van der Waals surface area contributed by atoms with Gasteiger partial charge in [-0.3, -0.25) is 9.59 Å². The Morgan fingerprint density at radius 3 is 2.40 bits per heavy atom. The zero-order chi connectivity index (χ0) is 11.3. The molecule has 0 atom stereocenters. The van der Waals surface area contributed by atoms with Crippen molar-refractivity contribution in [2.24, 2.45) is 5.92 Å². The van der Waals surface area contributed by atoms with Crippen LogP contribution in [0.5, 0.6) is 0 Å². The van der Waals surface area contributed by atoms with Gasteiger partial charge in [-0.25, -0.2) is 0 Å². The molecule has 4 nitrogen and oxygen atoms in total. The number of hydrogen-bond acceptors (Lipinski definition) is 2. The van der Waals surface area contributed by atoms with Crippen LogP contribution in [0.25, 0.3) is 0 Å². The summed E-state index contributed by atoms with van der Waals surface area (Å²) < 4.78 is 0. The van der Waals surface area contributed by atoms with Gasteiger partial charge in [-0.15, -0.1) is 0 Å². The molecular weight excluding hydrogens is 192 g/mol. The first-order valence-corrected chi connectivity index (χ1v) is 5.68. The third-order valence-corrected chi connectivity index (χ3v) is 2.86. The van der Waals surface area contributed by atoms with E-state index < -0.39 is 0 Å². The quantitative estimate of drug-likeness (QED) is 0.751. The monoisotopic (exact) mass is 212 g/mol. The summed E-state index contributed by atoms with van der Waals surface area (Å²) >= 11 is 0. The summed E-state index contributed by atoms with van der Waals surface area (Å²) in [6, 6.07) is 0. The van der Waals surface area contributed by atoms with Crippen molar-refractivity contribution in [3.63, 3.8) is 0 Å². The lowest BCUT2D eigenvalue weighted by Crippen LogP contribution is -2.42. The summed E-state index contributed by atoms with van der Waals surface area (Å²) in [4.78, 5) is 24.5. The van der Waals surface area contributed by atoms with Crippen LogP contribution in [0, 0.1) is 5.92 Å². The number of nitrogens with zero attached hydrogens (tertiary/aromatic N) is 1. The molecule has 86 valence electrons. The van der Waals surface area contributed by atoms with E-state index in [9.17, 15) is 9.59 Å². The summed E-state index contributed by atoms with van der Waals surface area (Å²) in [5, 5.41) is 2.90. The van der Waals surface area contributed by atoms with Gasteiger partial charge in [0.2, 0.25) is 11.8 Å². The fraction of sp³-hybridized carbons (Fsp3) is 0.818. The first kappa shape index (κ1) is 12.0. The normalized spacial score (nSPS) is 17.6. The molecule has 1 saturated heterocycles. The Kier molecular flexibility index (Phi) is 4.59. The zero-order valence-electron chi connectivity index (χ0n) is 9.58. The number of piperidine rings is 1. The summed E-state index contributed by atoms with van der Waals surface area (Å²) in [6.07, 6.45) is 2.57. The molecule has 0 aliphatic carbocycles. The third-order valence-electron chi connectivity index (χ3n) is 2.86. The van der Waals surface area contributed by atoms with E-state index in [1.165, 1.54) is 0 Å². The van der Waals surface area contributed by atoms with Gasteiger partial charge < -0.3 is 10.2 Å². The van der Waals surface area contributed by atoms with Crippen molar-refractivity contribution in [3.8, 4) is 0 Å². The molecule has 2 amide bonds. The standard InChI is InChI=1S/C11H20N2O2/c1-3-6-12-11(15)10-4-7-13(8-5-10)9(2)14/h10H,3-8H2,1-2H3,(H,12,15). The smallest absolute Gasteiger partial charge is 0.223 e. The topological polar surface area (TPSA) is 49.4 Å². The molecule has 0 bridgehead atoms. The van der Waals surface area contributed by atoms with Crippen molar-refractivity contribution >= 4 is 11.8 Å². The van der Waals surface area contributed by atoms with Gasteiger partial charge in [0.15, 0.2) is 0 Å². The Morgan fingerprint density at radius 1 is 1.33 bits per heavy atom. The van der Waals surface area contributed by atoms with Crippen LogP contribution < -0.4 is 5.32 Å². The van der Waals surface area contributed by atoms with E-state index in [-0.39, 0.29) is 17.7 Å². The molecule has 1 heterocycles. The van der Waals surface area contributed by atoms with E-state index in [0.29, 0.717) is 0 Å². The largest absolute Gasteiger partial charge is 0.356 e. The average Bonchev–Trinajstić information content (AvgIpc) is 2.26. The molecular formula is C11H20N2O2. The zero-order valence-corrected chi connectivity index (χ0v) is 9.58. The van der Waals surface area contributed by atoms with Crippen LogP contribution in [0.1, 0.15) is 33.1 Å². The first-order chi connectivity index (χ1) is 7.15. The molecule has 0 aromatic carbocycles. The summed E-state index contributed by atoms with van der Waals surface area (Å²) in [6.45, 7) is 5.82. The average molecular weight is 212 g/mol. The van der Waals surface area contributed by atoms with Crippen LogP contribution in [0.2, 0.25) is 0 Å². The Bertz CT molecular complexity index is 233. The van der Waals surface area contributed by atoms with E-state index >= 15 is 0 Å². The van der Waals surface area contributed by atoms with E-state index in [0.717, 1.165) is 38.9 Å². The number of nitrogens with one attached hydrogen (secondary N) is 1. The maximum Gasteiger partial charge on any atom is 0.223 e.